The Balaban J connectivity index is 1.39. The lowest BCUT2D eigenvalue weighted by molar-refractivity contribution is 0.0730. The first-order valence-electron chi connectivity index (χ1n) is 8.43. The van der Waals surface area contributed by atoms with Crippen LogP contribution >= 0.6 is 11.3 Å². The van der Waals surface area contributed by atoms with Gasteiger partial charge in [0, 0.05) is 19.2 Å². The van der Waals surface area contributed by atoms with Crippen molar-refractivity contribution in [2.45, 2.75) is 11.5 Å². The van der Waals surface area contributed by atoms with Gasteiger partial charge in [0.1, 0.15) is 18.1 Å². The summed E-state index contributed by atoms with van der Waals surface area (Å²) >= 11 is 1.58. The maximum atomic E-state index is 12.6. The lowest BCUT2D eigenvalue weighted by Gasteiger charge is -2.26. The fourth-order valence-corrected chi connectivity index (χ4v) is 4.80. The van der Waals surface area contributed by atoms with Crippen molar-refractivity contribution in [3.63, 3.8) is 0 Å². The summed E-state index contributed by atoms with van der Waals surface area (Å²) in [4.78, 5) is 1.25. The molecule has 0 atom stereocenters. The highest BCUT2D eigenvalue weighted by molar-refractivity contribution is 7.89. The summed E-state index contributed by atoms with van der Waals surface area (Å²) in [7, 11) is -3.50. The minimum Gasteiger partial charge on any atom is -0.487 e. The Hall–Kier alpha value is -2.20. The van der Waals surface area contributed by atoms with Gasteiger partial charge in [0.15, 0.2) is 5.76 Å². The fraction of sp³-hybridized carbons (Fsp3) is 0.278. The maximum Gasteiger partial charge on any atom is 0.243 e. The molecule has 1 aromatic carbocycles. The number of morpholine rings is 1. The van der Waals surface area contributed by atoms with Gasteiger partial charge in [-0.1, -0.05) is 11.2 Å². The highest BCUT2D eigenvalue weighted by Crippen LogP contribution is 2.26. The SMILES string of the molecule is O=S(=O)(c1ccc(OCc2cc(-c3cccs3)on2)cc1)N1CCOCC1. The second-order valence-electron chi connectivity index (χ2n) is 5.94. The van der Waals surface area contributed by atoms with E-state index in [0.29, 0.717) is 43.5 Å². The number of hydrogen-bond acceptors (Lipinski definition) is 7. The average molecular weight is 406 g/mol. The van der Waals surface area contributed by atoms with E-state index in [1.165, 1.54) is 4.31 Å². The smallest absolute Gasteiger partial charge is 0.243 e. The molecule has 0 unspecified atom stereocenters. The number of thiophene rings is 1. The number of ether oxygens (including phenoxy) is 2. The van der Waals surface area contributed by atoms with E-state index >= 15 is 0 Å². The fourth-order valence-electron chi connectivity index (χ4n) is 2.72. The number of benzene rings is 1. The minimum absolute atomic E-state index is 0.241. The molecule has 2 aromatic heterocycles. The number of nitrogens with zero attached hydrogens (tertiary/aromatic N) is 2. The number of rotatable bonds is 6. The Bertz CT molecular complexity index is 975. The quantitative estimate of drug-likeness (QED) is 0.626. The average Bonchev–Trinajstić information content (AvgIpc) is 3.39. The van der Waals surface area contributed by atoms with Crippen molar-refractivity contribution in [3.8, 4) is 16.4 Å². The van der Waals surface area contributed by atoms with Crippen LogP contribution in [0.25, 0.3) is 10.6 Å². The number of hydrogen-bond donors (Lipinski definition) is 0. The van der Waals surface area contributed by atoms with Crippen LogP contribution in [0.3, 0.4) is 0 Å². The van der Waals surface area contributed by atoms with Gasteiger partial charge in [0.05, 0.1) is 23.0 Å². The zero-order valence-electron chi connectivity index (χ0n) is 14.4. The summed E-state index contributed by atoms with van der Waals surface area (Å²) in [5.41, 5.74) is 0.670. The first-order chi connectivity index (χ1) is 13.1. The molecule has 1 saturated heterocycles. The lowest BCUT2D eigenvalue weighted by atomic mass is 10.3. The molecule has 9 heteroatoms. The predicted octanol–water partition coefficient (Wildman–Crippen LogP) is 3.00. The molecule has 0 N–H and O–H groups in total. The van der Waals surface area contributed by atoms with Crippen LogP contribution < -0.4 is 4.74 Å². The Labute approximate surface area is 161 Å². The van der Waals surface area contributed by atoms with E-state index < -0.39 is 10.0 Å². The van der Waals surface area contributed by atoms with Crippen molar-refractivity contribution in [1.29, 1.82) is 0 Å². The van der Waals surface area contributed by atoms with Gasteiger partial charge >= 0.3 is 0 Å². The molecule has 4 rings (SSSR count). The van der Waals surface area contributed by atoms with Crippen LogP contribution in [0.4, 0.5) is 0 Å². The molecule has 0 aliphatic carbocycles. The molecular formula is C18H18N2O5S2. The minimum atomic E-state index is -3.50. The third-order valence-electron chi connectivity index (χ3n) is 4.14. The lowest BCUT2D eigenvalue weighted by Crippen LogP contribution is -2.40. The summed E-state index contributed by atoms with van der Waals surface area (Å²) in [5, 5.41) is 5.97. The Morgan fingerprint density at radius 1 is 1.15 bits per heavy atom. The summed E-state index contributed by atoms with van der Waals surface area (Å²) < 4.78 is 42.9. The molecule has 1 fully saturated rings. The third kappa shape index (κ3) is 4.06. The van der Waals surface area contributed by atoms with Crippen LogP contribution in [-0.4, -0.2) is 44.2 Å². The second-order valence-corrected chi connectivity index (χ2v) is 8.82. The molecule has 3 heterocycles. The second kappa shape index (κ2) is 7.81. The van der Waals surface area contributed by atoms with E-state index in [1.807, 2.05) is 23.6 Å². The van der Waals surface area contributed by atoms with Gasteiger partial charge in [-0.15, -0.1) is 11.3 Å². The molecule has 3 aromatic rings. The van der Waals surface area contributed by atoms with Crippen LogP contribution in [0, 0.1) is 0 Å². The van der Waals surface area contributed by atoms with Gasteiger partial charge in [-0.2, -0.15) is 4.31 Å². The predicted molar refractivity (Wildman–Crippen MR) is 100 cm³/mol. The maximum absolute atomic E-state index is 12.6. The number of aromatic nitrogens is 1. The van der Waals surface area contributed by atoms with Crippen molar-refractivity contribution in [2.24, 2.45) is 0 Å². The van der Waals surface area contributed by atoms with Crippen LogP contribution in [0.5, 0.6) is 5.75 Å². The van der Waals surface area contributed by atoms with Gasteiger partial charge in [0.25, 0.3) is 0 Å². The molecule has 142 valence electrons. The van der Waals surface area contributed by atoms with Gasteiger partial charge < -0.3 is 14.0 Å². The van der Waals surface area contributed by atoms with E-state index in [-0.39, 0.29) is 11.5 Å². The van der Waals surface area contributed by atoms with E-state index in [1.54, 1.807) is 35.6 Å². The molecule has 0 saturated carbocycles. The van der Waals surface area contributed by atoms with Crippen molar-refractivity contribution < 1.29 is 22.4 Å². The summed E-state index contributed by atoms with van der Waals surface area (Å²) in [5.74, 6) is 1.27. The highest BCUT2D eigenvalue weighted by atomic mass is 32.2. The largest absolute Gasteiger partial charge is 0.487 e. The molecule has 1 aliphatic heterocycles. The van der Waals surface area contributed by atoms with E-state index in [4.69, 9.17) is 14.0 Å². The molecular weight excluding hydrogens is 388 g/mol. The van der Waals surface area contributed by atoms with E-state index in [9.17, 15) is 8.42 Å². The van der Waals surface area contributed by atoms with Crippen molar-refractivity contribution in [2.75, 3.05) is 26.3 Å². The first kappa shape index (κ1) is 18.2. The van der Waals surface area contributed by atoms with Gasteiger partial charge in [0.2, 0.25) is 10.0 Å². The molecule has 27 heavy (non-hydrogen) atoms. The normalized spacial score (nSPS) is 15.7. The first-order valence-corrected chi connectivity index (χ1v) is 10.8. The van der Waals surface area contributed by atoms with Crippen LogP contribution in [0.2, 0.25) is 0 Å². The molecule has 0 spiro atoms. The third-order valence-corrected chi connectivity index (χ3v) is 6.94. The van der Waals surface area contributed by atoms with Gasteiger partial charge in [-0.25, -0.2) is 8.42 Å². The standard InChI is InChI=1S/C18H18N2O5S2/c21-27(22,20-7-9-23-10-8-20)16-5-3-15(4-6-16)24-13-14-12-17(25-19-14)18-2-1-11-26-18/h1-6,11-12H,7-10,13H2. The Kier molecular flexibility index (Phi) is 5.26. The zero-order valence-corrected chi connectivity index (χ0v) is 16.0. The van der Waals surface area contributed by atoms with Crippen molar-refractivity contribution in [1.82, 2.24) is 9.46 Å². The highest BCUT2D eigenvalue weighted by Gasteiger charge is 2.26. The molecule has 0 radical (unpaired) electrons. The van der Waals surface area contributed by atoms with Crippen molar-refractivity contribution in [3.05, 3.63) is 53.5 Å². The van der Waals surface area contributed by atoms with Crippen molar-refractivity contribution >= 4 is 21.4 Å². The summed E-state index contributed by atoms with van der Waals surface area (Å²) in [6, 6.07) is 12.2. The van der Waals surface area contributed by atoms with Crippen LogP contribution in [0.15, 0.2) is 57.3 Å². The van der Waals surface area contributed by atoms with E-state index in [2.05, 4.69) is 5.16 Å². The summed E-state index contributed by atoms with van der Waals surface area (Å²) in [6.45, 7) is 1.83. The van der Waals surface area contributed by atoms with Gasteiger partial charge in [-0.05, 0) is 35.7 Å². The Morgan fingerprint density at radius 3 is 2.63 bits per heavy atom. The van der Waals surface area contributed by atoms with E-state index in [0.717, 1.165) is 4.88 Å². The van der Waals surface area contributed by atoms with Crippen LogP contribution in [0.1, 0.15) is 5.69 Å². The Morgan fingerprint density at radius 2 is 1.93 bits per heavy atom. The van der Waals surface area contributed by atoms with Gasteiger partial charge in [-0.3, -0.25) is 0 Å². The molecule has 0 amide bonds. The molecule has 0 bridgehead atoms. The zero-order chi connectivity index (χ0) is 18.7. The molecule has 1 aliphatic rings. The topological polar surface area (TPSA) is 81.9 Å². The molecule has 7 nitrogen and oxygen atoms in total. The summed E-state index contributed by atoms with van der Waals surface area (Å²) in [6.07, 6.45) is 0. The number of sulfonamides is 1. The monoisotopic (exact) mass is 406 g/mol. The van der Waals surface area contributed by atoms with Crippen LogP contribution in [-0.2, 0) is 21.4 Å².